The van der Waals surface area contributed by atoms with E-state index in [-0.39, 0.29) is 0 Å². The number of nitriles is 1. The third-order valence-corrected chi connectivity index (χ3v) is 3.64. The van der Waals surface area contributed by atoms with Crippen LogP contribution < -0.4 is 11.1 Å². The number of nitrogen functional groups attached to an aromatic ring is 1. The van der Waals surface area contributed by atoms with Gasteiger partial charge in [0.1, 0.15) is 11.9 Å². The van der Waals surface area contributed by atoms with Gasteiger partial charge in [0.05, 0.1) is 17.4 Å². The molecule has 2 rings (SSSR count). The molecule has 1 saturated heterocycles. The molecule has 0 aliphatic carbocycles. The first-order chi connectivity index (χ1) is 9.10. The molecule has 0 saturated carbocycles. The van der Waals surface area contributed by atoms with Gasteiger partial charge in [-0.15, -0.1) is 0 Å². The molecular weight excluding hydrogens is 238 g/mol. The van der Waals surface area contributed by atoms with Crippen molar-refractivity contribution in [2.75, 3.05) is 30.7 Å². The van der Waals surface area contributed by atoms with Crippen molar-refractivity contribution < 1.29 is 0 Å². The Hall–Kier alpha value is -1.80. The molecule has 0 spiro atoms. The number of nitrogens with two attached hydrogens (primary N) is 1. The minimum absolute atomic E-state index is 0.513. The van der Waals surface area contributed by atoms with E-state index in [1.165, 1.54) is 6.42 Å². The quantitative estimate of drug-likeness (QED) is 0.860. The van der Waals surface area contributed by atoms with Crippen LogP contribution in [0.25, 0.3) is 0 Å². The fraction of sp³-hybridized carbons (Fsp3) is 0.571. The number of aromatic nitrogens is 1. The molecule has 3 N–H and O–H groups in total. The van der Waals surface area contributed by atoms with Crippen LogP contribution in [0, 0.1) is 17.2 Å². The summed E-state index contributed by atoms with van der Waals surface area (Å²) in [5, 5.41) is 12.3. The minimum atomic E-state index is 0.513. The van der Waals surface area contributed by atoms with E-state index in [2.05, 4.69) is 35.1 Å². The van der Waals surface area contributed by atoms with Crippen molar-refractivity contribution in [2.45, 2.75) is 26.3 Å². The molecule has 0 amide bonds. The third kappa shape index (κ3) is 3.36. The second-order valence-electron chi connectivity index (χ2n) is 5.40. The topological polar surface area (TPSA) is 78.0 Å². The molecule has 5 heteroatoms. The fourth-order valence-electron chi connectivity index (χ4n) is 2.45. The van der Waals surface area contributed by atoms with Crippen LogP contribution in [0.4, 0.5) is 11.5 Å². The summed E-state index contributed by atoms with van der Waals surface area (Å²) in [4.78, 5) is 6.67. The molecule has 1 aromatic rings. The number of likely N-dealkylation sites (tertiary alicyclic amines) is 1. The molecule has 1 aliphatic heterocycles. The van der Waals surface area contributed by atoms with Crippen LogP contribution in [-0.2, 0) is 0 Å². The molecule has 1 unspecified atom stereocenters. The summed E-state index contributed by atoms with van der Waals surface area (Å²) < 4.78 is 0. The lowest BCUT2D eigenvalue weighted by Gasteiger charge is -2.20. The maximum absolute atomic E-state index is 9.06. The van der Waals surface area contributed by atoms with E-state index in [4.69, 9.17) is 11.0 Å². The van der Waals surface area contributed by atoms with Gasteiger partial charge in [-0.2, -0.15) is 5.26 Å². The minimum Gasteiger partial charge on any atom is -0.397 e. The Bertz CT molecular complexity index is 477. The molecule has 5 nitrogen and oxygen atoms in total. The molecule has 1 aromatic heterocycles. The normalized spacial score (nSPS) is 19.6. The van der Waals surface area contributed by atoms with Gasteiger partial charge in [0.15, 0.2) is 0 Å². The Labute approximate surface area is 114 Å². The highest BCUT2D eigenvalue weighted by Crippen LogP contribution is 2.20. The molecule has 1 aliphatic rings. The van der Waals surface area contributed by atoms with E-state index in [0.29, 0.717) is 29.0 Å². The lowest BCUT2D eigenvalue weighted by molar-refractivity contribution is 0.266. The summed E-state index contributed by atoms with van der Waals surface area (Å²) in [7, 11) is 0. The Morgan fingerprint density at radius 1 is 1.63 bits per heavy atom. The summed E-state index contributed by atoms with van der Waals surface area (Å²) >= 11 is 0. The number of anilines is 2. The highest BCUT2D eigenvalue weighted by atomic mass is 15.2. The first-order valence-electron chi connectivity index (χ1n) is 6.73. The third-order valence-electron chi connectivity index (χ3n) is 3.64. The molecule has 2 heterocycles. The van der Waals surface area contributed by atoms with Crippen molar-refractivity contribution in [3.8, 4) is 6.07 Å². The Kier molecular flexibility index (Phi) is 4.23. The Balaban J connectivity index is 1.92. The monoisotopic (exact) mass is 259 g/mol. The van der Waals surface area contributed by atoms with Gasteiger partial charge in [0, 0.05) is 19.1 Å². The van der Waals surface area contributed by atoms with Gasteiger partial charge in [-0.1, -0.05) is 0 Å². The zero-order valence-electron chi connectivity index (χ0n) is 11.6. The number of nitrogens with one attached hydrogen (secondary N) is 1. The van der Waals surface area contributed by atoms with Crippen LogP contribution in [0.2, 0.25) is 0 Å². The summed E-state index contributed by atoms with van der Waals surface area (Å²) in [6.07, 6.45) is 2.78. The van der Waals surface area contributed by atoms with Crippen molar-refractivity contribution in [3.63, 3.8) is 0 Å². The van der Waals surface area contributed by atoms with E-state index in [1.807, 2.05) is 0 Å². The lowest BCUT2D eigenvalue weighted by Crippen LogP contribution is -2.29. The van der Waals surface area contributed by atoms with Crippen molar-refractivity contribution in [2.24, 2.45) is 5.92 Å². The molecule has 1 atom stereocenters. The molecule has 102 valence electrons. The first-order valence-corrected chi connectivity index (χ1v) is 6.73. The first kappa shape index (κ1) is 13.6. The van der Waals surface area contributed by atoms with E-state index in [0.717, 1.165) is 19.6 Å². The number of hydrogen-bond acceptors (Lipinski definition) is 5. The van der Waals surface area contributed by atoms with Crippen LogP contribution >= 0.6 is 0 Å². The van der Waals surface area contributed by atoms with Crippen molar-refractivity contribution in [1.29, 1.82) is 5.26 Å². The maximum Gasteiger partial charge on any atom is 0.144 e. The summed E-state index contributed by atoms with van der Waals surface area (Å²) in [6.45, 7) is 7.58. The predicted molar refractivity (Wildman–Crippen MR) is 76.7 cm³/mol. The zero-order valence-corrected chi connectivity index (χ0v) is 11.6. The summed E-state index contributed by atoms with van der Waals surface area (Å²) in [5.41, 5.74) is 6.66. The van der Waals surface area contributed by atoms with Gasteiger partial charge in [0.2, 0.25) is 0 Å². The predicted octanol–water partition coefficient (Wildman–Crippen LogP) is 1.68. The molecular formula is C14H21N5. The summed E-state index contributed by atoms with van der Waals surface area (Å²) in [5.74, 6) is 1.26. The van der Waals surface area contributed by atoms with Gasteiger partial charge in [-0.25, -0.2) is 4.98 Å². The van der Waals surface area contributed by atoms with Gasteiger partial charge in [-0.05, 0) is 38.8 Å². The van der Waals surface area contributed by atoms with Crippen molar-refractivity contribution >= 4 is 11.5 Å². The number of nitrogens with zero attached hydrogens (tertiary/aromatic N) is 3. The molecule has 19 heavy (non-hydrogen) atoms. The lowest BCUT2D eigenvalue weighted by atomic mass is 10.1. The smallest absolute Gasteiger partial charge is 0.144 e. The van der Waals surface area contributed by atoms with Crippen molar-refractivity contribution in [3.05, 3.63) is 17.8 Å². The molecule has 0 aromatic carbocycles. The van der Waals surface area contributed by atoms with Gasteiger partial charge in [0.25, 0.3) is 0 Å². The Morgan fingerprint density at radius 3 is 3.05 bits per heavy atom. The van der Waals surface area contributed by atoms with Crippen molar-refractivity contribution in [1.82, 2.24) is 9.88 Å². The van der Waals surface area contributed by atoms with Gasteiger partial charge >= 0.3 is 0 Å². The van der Waals surface area contributed by atoms with Crippen LogP contribution in [0.15, 0.2) is 12.3 Å². The number of pyridine rings is 1. The standard InChI is InChI=1S/C14H21N5/c1-10(2)19-4-3-11(9-19)7-17-14-12(6-15)5-13(16)8-18-14/h5,8,10-11H,3-4,7,9,16H2,1-2H3,(H,17,18). The van der Waals surface area contributed by atoms with Crippen LogP contribution in [0.5, 0.6) is 0 Å². The van der Waals surface area contributed by atoms with E-state index >= 15 is 0 Å². The van der Waals surface area contributed by atoms with E-state index < -0.39 is 0 Å². The Morgan fingerprint density at radius 2 is 2.42 bits per heavy atom. The summed E-state index contributed by atoms with van der Waals surface area (Å²) in [6, 6.07) is 4.39. The molecule has 0 bridgehead atoms. The average molecular weight is 259 g/mol. The zero-order chi connectivity index (χ0) is 13.8. The SMILES string of the molecule is CC(C)N1CCC(CNc2ncc(N)cc2C#N)C1. The van der Waals surface area contributed by atoms with E-state index in [9.17, 15) is 0 Å². The van der Waals surface area contributed by atoms with Crippen LogP contribution in [0.3, 0.4) is 0 Å². The molecule has 0 radical (unpaired) electrons. The fourth-order valence-corrected chi connectivity index (χ4v) is 2.45. The number of hydrogen-bond donors (Lipinski definition) is 2. The highest BCUT2D eigenvalue weighted by molar-refractivity contribution is 5.57. The number of rotatable bonds is 4. The largest absolute Gasteiger partial charge is 0.397 e. The second kappa shape index (κ2) is 5.89. The average Bonchev–Trinajstić information content (AvgIpc) is 2.86. The van der Waals surface area contributed by atoms with Gasteiger partial charge < -0.3 is 16.0 Å². The highest BCUT2D eigenvalue weighted by Gasteiger charge is 2.24. The van der Waals surface area contributed by atoms with E-state index in [1.54, 1.807) is 12.3 Å². The van der Waals surface area contributed by atoms with Crippen LogP contribution in [-0.4, -0.2) is 35.6 Å². The van der Waals surface area contributed by atoms with Crippen LogP contribution in [0.1, 0.15) is 25.8 Å². The van der Waals surface area contributed by atoms with Gasteiger partial charge in [-0.3, -0.25) is 0 Å². The molecule has 1 fully saturated rings. The second-order valence-corrected chi connectivity index (χ2v) is 5.40. The maximum atomic E-state index is 9.06.